The van der Waals surface area contributed by atoms with Gasteiger partial charge in [0, 0.05) is 6.07 Å². The van der Waals surface area contributed by atoms with E-state index in [2.05, 4.69) is 6.92 Å². The summed E-state index contributed by atoms with van der Waals surface area (Å²) in [6.45, 7) is 4.11. The van der Waals surface area contributed by atoms with Crippen LogP contribution in [0.4, 0.5) is 0 Å². The molecule has 0 atom stereocenters. The van der Waals surface area contributed by atoms with Crippen LogP contribution in [0.25, 0.3) is 0 Å². The third-order valence-corrected chi connectivity index (χ3v) is 2.24. The second-order valence-electron chi connectivity index (χ2n) is 3.00. The molecule has 0 unspecified atom stereocenters. The highest BCUT2D eigenvalue weighted by Crippen LogP contribution is 2.28. The van der Waals surface area contributed by atoms with Crippen LogP contribution in [0.2, 0.25) is 0 Å². The van der Waals surface area contributed by atoms with E-state index in [0.29, 0.717) is 5.75 Å². The van der Waals surface area contributed by atoms with Crippen molar-refractivity contribution in [1.82, 2.24) is 0 Å². The van der Waals surface area contributed by atoms with Gasteiger partial charge >= 0.3 is 0 Å². The smallest absolute Gasteiger partial charge is 0.125 e. The molecule has 0 bridgehead atoms. The summed E-state index contributed by atoms with van der Waals surface area (Å²) in [6, 6.07) is 3.70. The molecule has 0 radical (unpaired) electrons. The van der Waals surface area contributed by atoms with E-state index in [1.54, 1.807) is 13.2 Å². The van der Waals surface area contributed by atoms with Crippen LogP contribution in [0, 0.1) is 0 Å². The number of phenols is 1. The molecule has 0 fully saturated rings. The molecule has 2 nitrogen and oxygen atoms in total. The lowest BCUT2D eigenvalue weighted by Crippen LogP contribution is -1.93. The zero-order chi connectivity index (χ0) is 9.84. The van der Waals surface area contributed by atoms with E-state index in [-0.39, 0.29) is 0 Å². The van der Waals surface area contributed by atoms with Gasteiger partial charge in [-0.1, -0.05) is 13.8 Å². The normalized spacial score (nSPS) is 10.1. The Morgan fingerprint density at radius 1 is 1.15 bits per heavy atom. The van der Waals surface area contributed by atoms with E-state index >= 15 is 0 Å². The number of hydrogen-bond donors (Lipinski definition) is 1. The number of hydrogen-bond acceptors (Lipinski definition) is 2. The van der Waals surface area contributed by atoms with Crippen molar-refractivity contribution in [2.75, 3.05) is 7.11 Å². The Morgan fingerprint density at radius 2 is 1.77 bits per heavy atom. The molecule has 0 aliphatic heterocycles. The molecule has 0 heterocycles. The standard InChI is InChI=1S/C11H16O2/c1-4-8-6-9(5-2)11(13-3)7-10(8)12/h6-7,12H,4-5H2,1-3H3. The average molecular weight is 180 g/mol. The maximum Gasteiger partial charge on any atom is 0.125 e. The van der Waals surface area contributed by atoms with Crippen molar-refractivity contribution in [1.29, 1.82) is 0 Å². The Hall–Kier alpha value is -1.18. The van der Waals surface area contributed by atoms with Crippen molar-refractivity contribution in [3.05, 3.63) is 23.3 Å². The Kier molecular flexibility index (Phi) is 3.18. The van der Waals surface area contributed by atoms with Crippen LogP contribution in [0.15, 0.2) is 12.1 Å². The molecule has 0 amide bonds. The van der Waals surface area contributed by atoms with Gasteiger partial charge in [-0.2, -0.15) is 0 Å². The highest BCUT2D eigenvalue weighted by molar-refractivity contribution is 5.45. The zero-order valence-electron chi connectivity index (χ0n) is 8.42. The van der Waals surface area contributed by atoms with Gasteiger partial charge in [0.05, 0.1) is 7.11 Å². The SMILES string of the molecule is CCc1cc(CC)c(OC)cc1O. The van der Waals surface area contributed by atoms with Crippen molar-refractivity contribution in [2.24, 2.45) is 0 Å². The highest BCUT2D eigenvalue weighted by atomic mass is 16.5. The predicted octanol–water partition coefficient (Wildman–Crippen LogP) is 2.53. The minimum absolute atomic E-state index is 0.330. The second kappa shape index (κ2) is 4.17. The second-order valence-corrected chi connectivity index (χ2v) is 3.00. The van der Waals surface area contributed by atoms with Crippen molar-refractivity contribution < 1.29 is 9.84 Å². The highest BCUT2D eigenvalue weighted by Gasteiger charge is 2.06. The maximum atomic E-state index is 9.56. The minimum Gasteiger partial charge on any atom is -0.508 e. The van der Waals surface area contributed by atoms with Crippen molar-refractivity contribution in [3.8, 4) is 11.5 Å². The number of methoxy groups -OCH3 is 1. The van der Waals surface area contributed by atoms with Gasteiger partial charge in [-0.15, -0.1) is 0 Å². The van der Waals surface area contributed by atoms with E-state index in [0.717, 1.165) is 29.7 Å². The van der Waals surface area contributed by atoms with E-state index < -0.39 is 0 Å². The van der Waals surface area contributed by atoms with Gasteiger partial charge in [-0.3, -0.25) is 0 Å². The van der Waals surface area contributed by atoms with Crippen LogP contribution in [-0.2, 0) is 12.8 Å². The van der Waals surface area contributed by atoms with Gasteiger partial charge in [-0.05, 0) is 30.0 Å². The van der Waals surface area contributed by atoms with E-state index in [1.165, 1.54) is 0 Å². The molecule has 1 aromatic carbocycles. The van der Waals surface area contributed by atoms with Gasteiger partial charge in [0.25, 0.3) is 0 Å². The summed E-state index contributed by atoms with van der Waals surface area (Å²) in [5, 5.41) is 9.56. The lowest BCUT2D eigenvalue weighted by atomic mass is 10.0. The molecule has 0 saturated carbocycles. The quantitative estimate of drug-likeness (QED) is 0.774. The molecule has 13 heavy (non-hydrogen) atoms. The fraction of sp³-hybridized carbons (Fsp3) is 0.455. The van der Waals surface area contributed by atoms with Crippen LogP contribution >= 0.6 is 0 Å². The molecule has 0 aliphatic carbocycles. The lowest BCUT2D eigenvalue weighted by Gasteiger charge is -2.10. The number of aryl methyl sites for hydroxylation is 2. The van der Waals surface area contributed by atoms with Crippen LogP contribution in [0.1, 0.15) is 25.0 Å². The van der Waals surface area contributed by atoms with Crippen LogP contribution in [0.5, 0.6) is 11.5 Å². The minimum atomic E-state index is 0.330. The predicted molar refractivity (Wildman–Crippen MR) is 53.4 cm³/mol. The van der Waals surface area contributed by atoms with E-state index in [9.17, 15) is 5.11 Å². The van der Waals surface area contributed by atoms with Crippen molar-refractivity contribution in [2.45, 2.75) is 26.7 Å². The first-order valence-corrected chi connectivity index (χ1v) is 4.61. The Bertz CT molecular complexity index is 292. The first kappa shape index (κ1) is 9.90. The molecule has 0 saturated heterocycles. The molecule has 72 valence electrons. The molecule has 2 heteroatoms. The Morgan fingerprint density at radius 3 is 2.23 bits per heavy atom. The summed E-state index contributed by atoms with van der Waals surface area (Å²) in [5.41, 5.74) is 2.13. The fourth-order valence-electron chi connectivity index (χ4n) is 1.41. The van der Waals surface area contributed by atoms with Crippen LogP contribution < -0.4 is 4.74 Å². The largest absolute Gasteiger partial charge is 0.508 e. The van der Waals surface area contributed by atoms with Crippen LogP contribution in [-0.4, -0.2) is 12.2 Å². The molecular weight excluding hydrogens is 164 g/mol. The molecule has 1 N–H and O–H groups in total. The summed E-state index contributed by atoms with van der Waals surface area (Å²) >= 11 is 0. The monoisotopic (exact) mass is 180 g/mol. The molecule has 0 aromatic heterocycles. The number of benzene rings is 1. The summed E-state index contributed by atoms with van der Waals surface area (Å²) in [7, 11) is 1.62. The number of rotatable bonds is 3. The molecule has 1 aromatic rings. The summed E-state index contributed by atoms with van der Waals surface area (Å²) in [4.78, 5) is 0. The summed E-state index contributed by atoms with van der Waals surface area (Å²) in [6.07, 6.45) is 1.78. The maximum absolute atomic E-state index is 9.56. The third kappa shape index (κ3) is 1.94. The number of ether oxygens (including phenoxy) is 1. The summed E-state index contributed by atoms with van der Waals surface area (Å²) in [5.74, 6) is 1.11. The number of aromatic hydroxyl groups is 1. The van der Waals surface area contributed by atoms with Crippen LogP contribution in [0.3, 0.4) is 0 Å². The molecule has 0 spiro atoms. The summed E-state index contributed by atoms with van der Waals surface area (Å²) < 4.78 is 5.16. The topological polar surface area (TPSA) is 29.5 Å². The fourth-order valence-corrected chi connectivity index (χ4v) is 1.41. The van der Waals surface area contributed by atoms with Crippen molar-refractivity contribution in [3.63, 3.8) is 0 Å². The third-order valence-electron chi connectivity index (χ3n) is 2.24. The zero-order valence-corrected chi connectivity index (χ0v) is 8.42. The van der Waals surface area contributed by atoms with E-state index in [1.807, 2.05) is 13.0 Å². The Balaban J connectivity index is 3.18. The van der Waals surface area contributed by atoms with Gasteiger partial charge in [0.15, 0.2) is 0 Å². The molecule has 0 aliphatic rings. The first-order chi connectivity index (χ1) is 6.22. The molecular formula is C11H16O2. The molecule has 1 rings (SSSR count). The van der Waals surface area contributed by atoms with Gasteiger partial charge in [0.1, 0.15) is 11.5 Å². The average Bonchev–Trinajstić information content (AvgIpc) is 2.17. The van der Waals surface area contributed by atoms with Gasteiger partial charge in [-0.25, -0.2) is 0 Å². The van der Waals surface area contributed by atoms with E-state index in [4.69, 9.17) is 4.74 Å². The Labute approximate surface area is 79.2 Å². The lowest BCUT2D eigenvalue weighted by molar-refractivity contribution is 0.402. The number of phenolic OH excluding ortho intramolecular Hbond substituents is 1. The van der Waals surface area contributed by atoms with Gasteiger partial charge < -0.3 is 9.84 Å². The van der Waals surface area contributed by atoms with Gasteiger partial charge in [0.2, 0.25) is 0 Å². The van der Waals surface area contributed by atoms with Crippen molar-refractivity contribution >= 4 is 0 Å². The first-order valence-electron chi connectivity index (χ1n) is 4.61.